The summed E-state index contributed by atoms with van der Waals surface area (Å²) in [6.07, 6.45) is 4.84. The van der Waals surface area contributed by atoms with Gasteiger partial charge in [0.25, 0.3) is 0 Å². The fraction of sp³-hybridized carbons (Fsp3) is 0.100. The Bertz CT molecular complexity index is 507. The summed E-state index contributed by atoms with van der Waals surface area (Å²) in [5, 5.41) is 4.61. The van der Waals surface area contributed by atoms with E-state index < -0.39 is 0 Å². The fourth-order valence-electron chi connectivity index (χ4n) is 1.25. The highest BCUT2D eigenvalue weighted by Gasteiger charge is 2.08. The van der Waals surface area contributed by atoms with Crippen LogP contribution in [-0.4, -0.2) is 21.1 Å². The summed E-state index contributed by atoms with van der Waals surface area (Å²) >= 11 is 5.83. The Labute approximate surface area is 91.5 Å². The van der Waals surface area contributed by atoms with Crippen molar-refractivity contribution in [3.8, 4) is 5.82 Å². The molecular formula is C10H7ClN3O. The van der Waals surface area contributed by atoms with Gasteiger partial charge in [-0.25, -0.2) is 9.67 Å². The van der Waals surface area contributed by atoms with E-state index in [1.807, 2.05) is 0 Å². The van der Waals surface area contributed by atoms with Crippen molar-refractivity contribution in [2.24, 2.45) is 0 Å². The third-order valence-corrected chi connectivity index (χ3v) is 2.28. The highest BCUT2D eigenvalue weighted by Crippen LogP contribution is 2.14. The topological polar surface area (TPSA) is 47.8 Å². The minimum Gasteiger partial charge on any atom is -0.285 e. The van der Waals surface area contributed by atoms with Crippen LogP contribution in [0.15, 0.2) is 24.5 Å². The van der Waals surface area contributed by atoms with Gasteiger partial charge in [-0.2, -0.15) is 5.10 Å². The number of hydrogen-bond donors (Lipinski definition) is 0. The van der Waals surface area contributed by atoms with E-state index in [-0.39, 0.29) is 0 Å². The second-order valence-corrected chi connectivity index (χ2v) is 3.43. The zero-order chi connectivity index (χ0) is 10.8. The number of rotatable bonds is 2. The smallest absolute Gasteiger partial charge is 0.237 e. The minimum atomic E-state index is 0.428. The van der Waals surface area contributed by atoms with Crippen molar-refractivity contribution >= 4 is 17.9 Å². The number of aromatic nitrogens is 3. The number of pyridine rings is 1. The molecule has 0 aromatic carbocycles. The molecule has 0 amide bonds. The van der Waals surface area contributed by atoms with Gasteiger partial charge in [-0.05, 0) is 13.0 Å². The first-order valence-electron chi connectivity index (χ1n) is 4.27. The lowest BCUT2D eigenvalue weighted by Crippen LogP contribution is -2.01. The van der Waals surface area contributed by atoms with Crippen molar-refractivity contribution in [1.82, 2.24) is 14.8 Å². The lowest BCUT2D eigenvalue weighted by Gasteiger charge is -2.02. The summed E-state index contributed by atoms with van der Waals surface area (Å²) in [6, 6.07) is 3.35. The largest absolute Gasteiger partial charge is 0.285 e. The fourth-order valence-corrected chi connectivity index (χ4v) is 1.40. The Morgan fingerprint density at radius 3 is 2.93 bits per heavy atom. The van der Waals surface area contributed by atoms with Crippen LogP contribution in [0.2, 0.25) is 5.02 Å². The number of halogens is 1. The highest BCUT2D eigenvalue weighted by atomic mass is 35.5. The molecular weight excluding hydrogens is 214 g/mol. The molecule has 0 aliphatic rings. The van der Waals surface area contributed by atoms with Gasteiger partial charge in [-0.3, -0.25) is 4.79 Å². The monoisotopic (exact) mass is 220 g/mol. The van der Waals surface area contributed by atoms with Crippen molar-refractivity contribution in [2.45, 2.75) is 6.92 Å². The van der Waals surface area contributed by atoms with Crippen LogP contribution in [0.5, 0.6) is 0 Å². The Morgan fingerprint density at radius 2 is 2.33 bits per heavy atom. The maximum absolute atomic E-state index is 10.5. The quantitative estimate of drug-likeness (QED) is 0.774. The molecule has 1 radical (unpaired) electrons. The van der Waals surface area contributed by atoms with E-state index in [2.05, 4.69) is 10.1 Å². The zero-order valence-corrected chi connectivity index (χ0v) is 8.69. The molecule has 0 N–H and O–H groups in total. The van der Waals surface area contributed by atoms with Gasteiger partial charge in [0.05, 0.1) is 17.5 Å². The van der Waals surface area contributed by atoms with E-state index in [1.165, 1.54) is 6.20 Å². The van der Waals surface area contributed by atoms with Crippen LogP contribution in [0.1, 0.15) is 11.3 Å². The summed E-state index contributed by atoms with van der Waals surface area (Å²) in [4.78, 5) is 14.6. The molecule has 0 saturated carbocycles. The van der Waals surface area contributed by atoms with Crippen LogP contribution in [0.4, 0.5) is 0 Å². The molecule has 2 aromatic heterocycles. The molecule has 0 spiro atoms. The van der Waals surface area contributed by atoms with Crippen LogP contribution < -0.4 is 0 Å². The highest BCUT2D eigenvalue weighted by molar-refractivity contribution is 6.30. The number of nitrogens with zero attached hydrogens (tertiary/aromatic N) is 3. The molecule has 0 aliphatic heterocycles. The standard InChI is InChI=1S/C10H7ClN3O/c1-7-8(6-15)5-13-14(7)10-4-9(11)2-3-12-10/h2-5H,1H3. The third-order valence-electron chi connectivity index (χ3n) is 2.04. The normalized spacial score (nSPS) is 10.3. The lowest BCUT2D eigenvalue weighted by atomic mass is 10.3. The molecule has 15 heavy (non-hydrogen) atoms. The minimum absolute atomic E-state index is 0.428. The molecule has 0 fully saturated rings. The summed E-state index contributed by atoms with van der Waals surface area (Å²) < 4.78 is 1.55. The maximum Gasteiger partial charge on any atom is 0.237 e. The van der Waals surface area contributed by atoms with Gasteiger partial charge in [0.1, 0.15) is 0 Å². The molecule has 75 valence electrons. The van der Waals surface area contributed by atoms with Gasteiger partial charge in [-0.1, -0.05) is 11.6 Å². The van der Waals surface area contributed by atoms with E-state index in [4.69, 9.17) is 11.6 Å². The first kappa shape index (κ1) is 9.86. The zero-order valence-electron chi connectivity index (χ0n) is 7.94. The van der Waals surface area contributed by atoms with E-state index in [0.29, 0.717) is 22.1 Å². The molecule has 0 saturated heterocycles. The molecule has 5 heteroatoms. The summed E-state index contributed by atoms with van der Waals surface area (Å²) in [6.45, 7) is 1.77. The second kappa shape index (κ2) is 3.82. The van der Waals surface area contributed by atoms with Crippen molar-refractivity contribution in [1.29, 1.82) is 0 Å². The summed E-state index contributed by atoms with van der Waals surface area (Å²) in [5.74, 6) is 0.585. The summed E-state index contributed by atoms with van der Waals surface area (Å²) in [7, 11) is 0. The number of carbonyl (C=O) groups excluding carboxylic acids is 1. The Kier molecular flexibility index (Phi) is 2.51. The molecule has 2 heterocycles. The van der Waals surface area contributed by atoms with Gasteiger partial charge in [0.2, 0.25) is 6.29 Å². The molecule has 0 atom stereocenters. The average molecular weight is 221 g/mol. The predicted molar refractivity (Wildman–Crippen MR) is 55.9 cm³/mol. The Morgan fingerprint density at radius 1 is 1.53 bits per heavy atom. The molecule has 0 unspecified atom stereocenters. The Balaban J connectivity index is 2.54. The number of hydrogen-bond acceptors (Lipinski definition) is 3. The van der Waals surface area contributed by atoms with Crippen LogP contribution in [0.25, 0.3) is 5.82 Å². The first-order valence-corrected chi connectivity index (χ1v) is 4.65. The van der Waals surface area contributed by atoms with Gasteiger partial charge >= 0.3 is 0 Å². The van der Waals surface area contributed by atoms with Gasteiger partial charge in [-0.15, -0.1) is 0 Å². The second-order valence-electron chi connectivity index (χ2n) is 2.99. The predicted octanol–water partition coefficient (Wildman–Crippen LogP) is 1.69. The van der Waals surface area contributed by atoms with Gasteiger partial charge in [0, 0.05) is 17.3 Å². The van der Waals surface area contributed by atoms with E-state index in [0.717, 1.165) is 0 Å². The third kappa shape index (κ3) is 1.76. The Hall–Kier alpha value is -1.68. The van der Waals surface area contributed by atoms with Crippen molar-refractivity contribution < 1.29 is 4.79 Å². The molecule has 0 bridgehead atoms. The van der Waals surface area contributed by atoms with Crippen LogP contribution in [0.3, 0.4) is 0 Å². The van der Waals surface area contributed by atoms with Crippen LogP contribution >= 0.6 is 11.6 Å². The van der Waals surface area contributed by atoms with Gasteiger partial charge < -0.3 is 0 Å². The van der Waals surface area contributed by atoms with Crippen LogP contribution in [-0.2, 0) is 4.79 Å². The average Bonchev–Trinajstić information content (AvgIpc) is 2.59. The van der Waals surface area contributed by atoms with E-state index in [1.54, 1.807) is 36.2 Å². The van der Waals surface area contributed by atoms with E-state index >= 15 is 0 Å². The molecule has 2 aromatic rings. The van der Waals surface area contributed by atoms with E-state index in [9.17, 15) is 4.79 Å². The SMILES string of the molecule is Cc1c([C]=O)cnn1-c1cc(Cl)ccn1. The maximum atomic E-state index is 10.5. The summed E-state index contributed by atoms with van der Waals surface area (Å²) in [5.41, 5.74) is 1.12. The van der Waals surface area contributed by atoms with Crippen molar-refractivity contribution in [2.75, 3.05) is 0 Å². The molecule has 4 nitrogen and oxygen atoms in total. The van der Waals surface area contributed by atoms with Crippen molar-refractivity contribution in [3.05, 3.63) is 40.8 Å². The molecule has 0 aliphatic carbocycles. The molecule has 2 rings (SSSR count). The van der Waals surface area contributed by atoms with Crippen molar-refractivity contribution in [3.63, 3.8) is 0 Å². The lowest BCUT2D eigenvalue weighted by molar-refractivity contribution is 0.562. The van der Waals surface area contributed by atoms with Crippen LogP contribution in [0, 0.1) is 6.92 Å². The first-order chi connectivity index (χ1) is 7.22. The van der Waals surface area contributed by atoms with Gasteiger partial charge in [0.15, 0.2) is 5.82 Å².